The number of aryl methyl sites for hydroxylation is 1. The Bertz CT molecular complexity index is 789. The third-order valence-corrected chi connectivity index (χ3v) is 3.17. The Morgan fingerprint density at radius 3 is 2.64 bits per heavy atom. The van der Waals surface area contributed by atoms with Gasteiger partial charge in [0.15, 0.2) is 0 Å². The molecule has 11 heteroatoms. The SMILES string of the molecule is COc1nn(CCC(=O)Nc2ccccc2C(F)(F)F)cc1[N+](=O)[O-]. The van der Waals surface area contributed by atoms with Crippen LogP contribution < -0.4 is 10.1 Å². The van der Waals surface area contributed by atoms with Crippen molar-refractivity contribution in [3.05, 3.63) is 46.1 Å². The van der Waals surface area contributed by atoms with E-state index < -0.39 is 22.6 Å². The number of methoxy groups -OCH3 is 1. The van der Waals surface area contributed by atoms with E-state index in [1.54, 1.807) is 0 Å². The Labute approximate surface area is 139 Å². The Balaban J connectivity index is 2.04. The number of aromatic nitrogens is 2. The minimum absolute atomic E-state index is 0.0653. The standard InChI is InChI=1S/C14H13F3N4O4/c1-25-13-11(21(23)24)8-20(19-13)7-6-12(22)18-10-5-3-2-4-9(10)14(15,16)17/h2-5,8H,6-7H2,1H3,(H,18,22). The number of amides is 1. The topological polar surface area (TPSA) is 99.3 Å². The molecule has 2 rings (SSSR count). The lowest BCUT2D eigenvalue weighted by atomic mass is 10.1. The Morgan fingerprint density at radius 1 is 1.40 bits per heavy atom. The summed E-state index contributed by atoms with van der Waals surface area (Å²) >= 11 is 0. The highest BCUT2D eigenvalue weighted by Gasteiger charge is 2.33. The van der Waals surface area contributed by atoms with Crippen LogP contribution in [0.5, 0.6) is 5.88 Å². The fraction of sp³-hybridized carbons (Fsp3) is 0.286. The van der Waals surface area contributed by atoms with Crippen molar-refractivity contribution >= 4 is 17.3 Å². The summed E-state index contributed by atoms with van der Waals surface area (Å²) in [6.07, 6.45) is -3.75. The molecule has 1 aromatic heterocycles. The van der Waals surface area contributed by atoms with E-state index in [1.807, 2.05) is 0 Å². The molecule has 0 aliphatic rings. The second-order valence-corrected chi connectivity index (χ2v) is 4.89. The van der Waals surface area contributed by atoms with Crippen LogP contribution in [0.1, 0.15) is 12.0 Å². The van der Waals surface area contributed by atoms with Crippen molar-refractivity contribution in [3.8, 4) is 5.88 Å². The van der Waals surface area contributed by atoms with Crippen LogP contribution >= 0.6 is 0 Å². The molecular weight excluding hydrogens is 345 g/mol. The van der Waals surface area contributed by atoms with Gasteiger partial charge in [0.25, 0.3) is 0 Å². The monoisotopic (exact) mass is 358 g/mol. The molecule has 0 unspecified atom stereocenters. The molecule has 1 N–H and O–H groups in total. The van der Waals surface area contributed by atoms with Crippen molar-refractivity contribution in [2.45, 2.75) is 19.1 Å². The van der Waals surface area contributed by atoms with Gasteiger partial charge in [0, 0.05) is 6.42 Å². The maximum absolute atomic E-state index is 12.9. The van der Waals surface area contributed by atoms with Crippen LogP contribution in [0.2, 0.25) is 0 Å². The summed E-state index contributed by atoms with van der Waals surface area (Å²) < 4.78 is 44.5. The summed E-state index contributed by atoms with van der Waals surface area (Å²) in [5, 5.41) is 16.8. The van der Waals surface area contributed by atoms with Crippen LogP contribution in [-0.2, 0) is 17.5 Å². The van der Waals surface area contributed by atoms with Gasteiger partial charge in [0.2, 0.25) is 5.91 Å². The molecule has 0 aliphatic heterocycles. The Morgan fingerprint density at radius 2 is 2.08 bits per heavy atom. The number of nitro groups is 1. The lowest BCUT2D eigenvalue weighted by Crippen LogP contribution is -2.18. The van der Waals surface area contributed by atoms with Crippen molar-refractivity contribution in [1.29, 1.82) is 0 Å². The number of para-hydroxylation sites is 1. The van der Waals surface area contributed by atoms with Gasteiger partial charge < -0.3 is 10.1 Å². The quantitative estimate of drug-likeness (QED) is 0.632. The number of ether oxygens (including phenoxy) is 1. The third kappa shape index (κ3) is 4.46. The summed E-state index contributed by atoms with van der Waals surface area (Å²) in [7, 11) is 1.21. The maximum atomic E-state index is 12.9. The van der Waals surface area contributed by atoms with E-state index in [1.165, 1.54) is 19.2 Å². The normalized spacial score (nSPS) is 11.2. The summed E-state index contributed by atoms with van der Waals surface area (Å²) in [6.45, 7) is -0.0653. The highest BCUT2D eigenvalue weighted by atomic mass is 19.4. The molecule has 0 spiro atoms. The minimum atomic E-state index is -4.60. The van der Waals surface area contributed by atoms with Crippen molar-refractivity contribution in [2.24, 2.45) is 0 Å². The van der Waals surface area contributed by atoms with Crippen LogP contribution in [0.3, 0.4) is 0 Å². The number of nitrogens with zero attached hydrogens (tertiary/aromatic N) is 3. The summed E-state index contributed by atoms with van der Waals surface area (Å²) in [5.74, 6) is -0.901. The van der Waals surface area contributed by atoms with E-state index >= 15 is 0 Å². The number of halogens is 3. The zero-order chi connectivity index (χ0) is 18.6. The van der Waals surface area contributed by atoms with E-state index in [-0.39, 0.29) is 30.2 Å². The molecule has 1 heterocycles. The van der Waals surface area contributed by atoms with Gasteiger partial charge in [-0.2, -0.15) is 13.2 Å². The van der Waals surface area contributed by atoms with Gasteiger partial charge in [-0.1, -0.05) is 12.1 Å². The molecule has 8 nitrogen and oxygen atoms in total. The second-order valence-electron chi connectivity index (χ2n) is 4.89. The molecule has 1 amide bonds. The maximum Gasteiger partial charge on any atom is 0.418 e. The first-order valence-electron chi connectivity index (χ1n) is 6.94. The van der Waals surface area contributed by atoms with Crippen molar-refractivity contribution in [1.82, 2.24) is 9.78 Å². The van der Waals surface area contributed by atoms with Gasteiger partial charge >= 0.3 is 17.7 Å². The minimum Gasteiger partial charge on any atom is -0.475 e. The first kappa shape index (κ1) is 18.2. The van der Waals surface area contributed by atoms with Gasteiger partial charge in [0.05, 0.1) is 29.8 Å². The second kappa shape index (κ2) is 7.20. The molecule has 25 heavy (non-hydrogen) atoms. The van der Waals surface area contributed by atoms with Gasteiger partial charge in [0.1, 0.15) is 6.20 Å². The molecule has 0 aliphatic carbocycles. The predicted octanol–water partition coefficient (Wildman–Crippen LogP) is 2.85. The number of benzene rings is 1. The van der Waals surface area contributed by atoms with Gasteiger partial charge in [-0.15, -0.1) is 5.10 Å². The lowest BCUT2D eigenvalue weighted by Gasteiger charge is -2.13. The smallest absolute Gasteiger partial charge is 0.418 e. The molecule has 134 valence electrons. The summed E-state index contributed by atoms with van der Waals surface area (Å²) in [6, 6.07) is 4.58. The highest BCUT2D eigenvalue weighted by Crippen LogP contribution is 2.34. The van der Waals surface area contributed by atoms with Crippen LogP contribution in [-0.4, -0.2) is 27.7 Å². The van der Waals surface area contributed by atoms with Crippen molar-refractivity contribution in [2.75, 3.05) is 12.4 Å². The molecule has 0 bridgehead atoms. The molecule has 0 fully saturated rings. The van der Waals surface area contributed by atoms with E-state index in [2.05, 4.69) is 10.4 Å². The van der Waals surface area contributed by atoms with Crippen LogP contribution in [0.15, 0.2) is 30.5 Å². The average molecular weight is 358 g/mol. The number of alkyl halides is 3. The largest absolute Gasteiger partial charge is 0.475 e. The van der Waals surface area contributed by atoms with Crippen LogP contribution in [0, 0.1) is 10.1 Å². The van der Waals surface area contributed by atoms with Gasteiger partial charge in [-0.05, 0) is 12.1 Å². The number of anilines is 1. The van der Waals surface area contributed by atoms with Crippen LogP contribution in [0.25, 0.3) is 0 Å². The molecule has 2 aromatic rings. The summed E-state index contributed by atoms with van der Waals surface area (Å²) in [5.41, 5.74) is -1.69. The van der Waals surface area contributed by atoms with Crippen molar-refractivity contribution < 1.29 is 27.6 Å². The Hall–Kier alpha value is -3.11. The predicted molar refractivity (Wildman–Crippen MR) is 80.1 cm³/mol. The molecule has 0 saturated heterocycles. The molecule has 0 atom stereocenters. The first-order valence-corrected chi connectivity index (χ1v) is 6.94. The van der Waals surface area contributed by atoms with E-state index in [4.69, 9.17) is 4.74 Å². The zero-order valence-electron chi connectivity index (χ0n) is 12.9. The molecule has 0 saturated carbocycles. The average Bonchev–Trinajstić information content (AvgIpc) is 2.96. The number of hydrogen-bond donors (Lipinski definition) is 1. The van der Waals surface area contributed by atoms with Crippen LogP contribution in [0.4, 0.5) is 24.5 Å². The number of carbonyl (C=O) groups is 1. The van der Waals surface area contributed by atoms with Gasteiger partial charge in [-0.25, -0.2) is 0 Å². The van der Waals surface area contributed by atoms with E-state index in [0.29, 0.717) is 0 Å². The number of nitrogens with one attached hydrogen (secondary N) is 1. The fourth-order valence-corrected chi connectivity index (χ4v) is 2.05. The van der Waals surface area contributed by atoms with E-state index in [0.717, 1.165) is 23.0 Å². The number of carbonyl (C=O) groups excluding carboxylic acids is 1. The van der Waals surface area contributed by atoms with E-state index in [9.17, 15) is 28.1 Å². The lowest BCUT2D eigenvalue weighted by molar-refractivity contribution is -0.385. The number of rotatable bonds is 6. The fourth-order valence-electron chi connectivity index (χ4n) is 2.05. The number of hydrogen-bond acceptors (Lipinski definition) is 5. The molecule has 1 aromatic carbocycles. The molecular formula is C14H13F3N4O4. The third-order valence-electron chi connectivity index (χ3n) is 3.17. The van der Waals surface area contributed by atoms with Gasteiger partial charge in [-0.3, -0.25) is 19.6 Å². The first-order chi connectivity index (χ1) is 11.7. The Kier molecular flexibility index (Phi) is 5.25. The highest BCUT2D eigenvalue weighted by molar-refractivity contribution is 5.91. The zero-order valence-corrected chi connectivity index (χ0v) is 12.9. The summed E-state index contributed by atoms with van der Waals surface area (Å²) in [4.78, 5) is 22.0. The van der Waals surface area contributed by atoms with Crippen molar-refractivity contribution in [3.63, 3.8) is 0 Å². The molecule has 0 radical (unpaired) electrons.